The van der Waals surface area contributed by atoms with Crippen LogP contribution in [0.2, 0.25) is 0 Å². The minimum Gasteiger partial charge on any atom is -0.467 e. The van der Waals surface area contributed by atoms with Crippen molar-refractivity contribution in [3.63, 3.8) is 0 Å². The molecule has 1 aromatic rings. The molecule has 0 aliphatic carbocycles. The molecule has 1 amide bonds. The van der Waals surface area contributed by atoms with Gasteiger partial charge in [0.25, 0.3) is 0 Å². The lowest BCUT2D eigenvalue weighted by molar-refractivity contribution is -0.127. The van der Waals surface area contributed by atoms with E-state index in [-0.39, 0.29) is 30.3 Å². The first-order valence-electron chi connectivity index (χ1n) is 6.48. The highest BCUT2D eigenvalue weighted by atomic mass is 35.5. The molecule has 1 aromatic heterocycles. The number of halogens is 1. The van der Waals surface area contributed by atoms with Crippen LogP contribution in [0, 0.1) is 5.92 Å². The van der Waals surface area contributed by atoms with E-state index in [1.54, 1.807) is 6.26 Å². The number of furan rings is 1. The van der Waals surface area contributed by atoms with Gasteiger partial charge < -0.3 is 19.8 Å². The van der Waals surface area contributed by atoms with Gasteiger partial charge in [0, 0.05) is 19.2 Å². The number of fused-ring (bicyclic) bond motifs is 1. The quantitative estimate of drug-likeness (QED) is 0.873. The number of carbonyl (C=O) groups excluding carboxylic acids is 1. The van der Waals surface area contributed by atoms with E-state index in [0.717, 1.165) is 31.8 Å². The number of piperidine rings is 1. The van der Waals surface area contributed by atoms with Crippen LogP contribution in [-0.4, -0.2) is 31.2 Å². The number of amides is 1. The summed E-state index contributed by atoms with van der Waals surface area (Å²) in [7, 11) is 0. The Kier molecular flexibility index (Phi) is 4.85. The molecular formula is C13H19ClN2O3. The first-order chi connectivity index (χ1) is 8.83. The molecule has 0 aromatic carbocycles. The van der Waals surface area contributed by atoms with Crippen LogP contribution in [0.15, 0.2) is 22.8 Å². The van der Waals surface area contributed by atoms with Crippen LogP contribution in [-0.2, 0) is 16.1 Å². The van der Waals surface area contributed by atoms with E-state index in [4.69, 9.17) is 9.15 Å². The van der Waals surface area contributed by atoms with Gasteiger partial charge in [0.1, 0.15) is 5.76 Å². The monoisotopic (exact) mass is 286 g/mol. The molecule has 0 unspecified atom stereocenters. The van der Waals surface area contributed by atoms with E-state index < -0.39 is 0 Å². The fraction of sp³-hybridized carbons (Fsp3) is 0.615. The number of hydrogen-bond donors (Lipinski definition) is 2. The van der Waals surface area contributed by atoms with Gasteiger partial charge in [0.05, 0.1) is 24.8 Å². The van der Waals surface area contributed by atoms with Crippen molar-refractivity contribution in [2.45, 2.75) is 31.5 Å². The van der Waals surface area contributed by atoms with Crippen molar-refractivity contribution in [2.24, 2.45) is 5.92 Å². The average molecular weight is 287 g/mol. The fourth-order valence-electron chi connectivity index (χ4n) is 2.70. The smallest absolute Gasteiger partial charge is 0.224 e. The van der Waals surface area contributed by atoms with E-state index in [1.807, 2.05) is 12.1 Å². The maximum absolute atomic E-state index is 12.0. The highest BCUT2D eigenvalue weighted by Gasteiger charge is 2.37. The fourth-order valence-corrected chi connectivity index (χ4v) is 2.70. The molecule has 2 aliphatic rings. The summed E-state index contributed by atoms with van der Waals surface area (Å²) in [6.07, 6.45) is 3.70. The molecule has 2 N–H and O–H groups in total. The Morgan fingerprint density at radius 3 is 3.21 bits per heavy atom. The standard InChI is InChI=1S/C13H18N2O3.ClH/c16-13(15-8-10-2-1-4-17-10)9-6-12-11(14-7-9)3-5-18-12;/h1-2,4,9,11-12,14H,3,5-8H2,(H,15,16);1H/t9-,11+,12+;/m0./s1. The molecule has 106 valence electrons. The second-order valence-electron chi connectivity index (χ2n) is 4.94. The van der Waals surface area contributed by atoms with Crippen LogP contribution >= 0.6 is 12.4 Å². The van der Waals surface area contributed by atoms with Crippen molar-refractivity contribution >= 4 is 18.3 Å². The van der Waals surface area contributed by atoms with Crippen LogP contribution in [0.4, 0.5) is 0 Å². The minimum absolute atomic E-state index is 0. The highest BCUT2D eigenvalue weighted by molar-refractivity contribution is 5.85. The second kappa shape index (κ2) is 6.41. The largest absolute Gasteiger partial charge is 0.467 e. The number of hydrogen-bond acceptors (Lipinski definition) is 4. The Labute approximate surface area is 118 Å². The van der Waals surface area contributed by atoms with Gasteiger partial charge in [-0.15, -0.1) is 12.4 Å². The van der Waals surface area contributed by atoms with Gasteiger partial charge in [-0.05, 0) is 25.0 Å². The topological polar surface area (TPSA) is 63.5 Å². The zero-order chi connectivity index (χ0) is 12.4. The number of rotatable bonds is 3. The highest BCUT2D eigenvalue weighted by Crippen LogP contribution is 2.25. The normalized spacial score (nSPS) is 29.4. The molecule has 0 bridgehead atoms. The Hall–Kier alpha value is -1.04. The van der Waals surface area contributed by atoms with Crippen molar-refractivity contribution in [3.8, 4) is 0 Å². The predicted molar refractivity (Wildman–Crippen MR) is 72.1 cm³/mol. The summed E-state index contributed by atoms with van der Waals surface area (Å²) in [5.74, 6) is 0.856. The summed E-state index contributed by atoms with van der Waals surface area (Å²) < 4.78 is 10.8. The Morgan fingerprint density at radius 2 is 2.42 bits per heavy atom. The van der Waals surface area contributed by atoms with Crippen molar-refractivity contribution in [3.05, 3.63) is 24.2 Å². The van der Waals surface area contributed by atoms with Crippen molar-refractivity contribution in [1.82, 2.24) is 10.6 Å². The predicted octanol–water partition coefficient (Wildman–Crippen LogP) is 1.08. The van der Waals surface area contributed by atoms with Gasteiger partial charge in [-0.2, -0.15) is 0 Å². The van der Waals surface area contributed by atoms with Crippen molar-refractivity contribution in [2.75, 3.05) is 13.2 Å². The van der Waals surface area contributed by atoms with E-state index >= 15 is 0 Å². The van der Waals surface area contributed by atoms with Crippen molar-refractivity contribution < 1.29 is 13.9 Å². The molecule has 2 saturated heterocycles. The lowest BCUT2D eigenvalue weighted by atomic mass is 9.91. The molecule has 3 atom stereocenters. The molecule has 5 nitrogen and oxygen atoms in total. The molecule has 0 saturated carbocycles. The second-order valence-corrected chi connectivity index (χ2v) is 4.94. The molecule has 2 fully saturated rings. The SMILES string of the molecule is Cl.O=C(NCc1ccco1)[C@@H]1CN[C@@H]2CCO[C@@H]2C1. The van der Waals surface area contributed by atoms with Gasteiger partial charge in [-0.1, -0.05) is 0 Å². The molecule has 0 radical (unpaired) electrons. The lowest BCUT2D eigenvalue weighted by Gasteiger charge is -2.31. The Bertz CT molecular complexity index is 410. The van der Waals surface area contributed by atoms with Crippen LogP contribution < -0.4 is 10.6 Å². The van der Waals surface area contributed by atoms with Crippen LogP contribution in [0.25, 0.3) is 0 Å². The van der Waals surface area contributed by atoms with E-state index in [0.29, 0.717) is 12.6 Å². The maximum atomic E-state index is 12.0. The van der Waals surface area contributed by atoms with Crippen LogP contribution in [0.1, 0.15) is 18.6 Å². The van der Waals surface area contributed by atoms with Crippen molar-refractivity contribution in [1.29, 1.82) is 0 Å². The molecule has 19 heavy (non-hydrogen) atoms. The molecular weight excluding hydrogens is 268 g/mol. The molecule has 6 heteroatoms. The molecule has 3 rings (SSSR count). The van der Waals surface area contributed by atoms with Crippen LogP contribution in [0.3, 0.4) is 0 Å². The first kappa shape index (κ1) is 14.4. The lowest BCUT2D eigenvalue weighted by Crippen LogP contribution is -2.50. The summed E-state index contributed by atoms with van der Waals surface area (Å²) in [6, 6.07) is 4.12. The minimum atomic E-state index is -0.000637. The van der Waals surface area contributed by atoms with Gasteiger partial charge in [0.2, 0.25) is 5.91 Å². The summed E-state index contributed by atoms with van der Waals surface area (Å²) in [6.45, 7) is 2.01. The third-order valence-electron chi connectivity index (χ3n) is 3.74. The Morgan fingerprint density at radius 1 is 1.53 bits per heavy atom. The zero-order valence-electron chi connectivity index (χ0n) is 10.6. The number of nitrogens with one attached hydrogen (secondary N) is 2. The van der Waals surface area contributed by atoms with E-state index in [2.05, 4.69) is 10.6 Å². The van der Waals surface area contributed by atoms with Gasteiger partial charge in [0.15, 0.2) is 0 Å². The van der Waals surface area contributed by atoms with Gasteiger partial charge in [-0.3, -0.25) is 4.79 Å². The number of carbonyl (C=O) groups is 1. The van der Waals surface area contributed by atoms with Crippen LogP contribution in [0.5, 0.6) is 0 Å². The van der Waals surface area contributed by atoms with Gasteiger partial charge >= 0.3 is 0 Å². The summed E-state index contributed by atoms with van der Waals surface area (Å²) in [5, 5.41) is 6.30. The van der Waals surface area contributed by atoms with E-state index in [9.17, 15) is 4.79 Å². The number of ether oxygens (including phenoxy) is 1. The van der Waals surface area contributed by atoms with E-state index in [1.165, 1.54) is 0 Å². The third kappa shape index (κ3) is 3.29. The van der Waals surface area contributed by atoms with Gasteiger partial charge in [-0.25, -0.2) is 0 Å². The average Bonchev–Trinajstić information content (AvgIpc) is 3.05. The Balaban J connectivity index is 0.00000133. The summed E-state index contributed by atoms with van der Waals surface area (Å²) in [5.41, 5.74) is 0. The first-order valence-corrected chi connectivity index (χ1v) is 6.48. The third-order valence-corrected chi connectivity index (χ3v) is 3.74. The zero-order valence-corrected chi connectivity index (χ0v) is 11.4. The molecule has 0 spiro atoms. The summed E-state index contributed by atoms with van der Waals surface area (Å²) >= 11 is 0. The molecule has 2 aliphatic heterocycles. The molecule has 3 heterocycles. The summed E-state index contributed by atoms with van der Waals surface area (Å²) in [4.78, 5) is 12.0. The maximum Gasteiger partial charge on any atom is 0.224 e.